The van der Waals surface area contributed by atoms with E-state index in [-0.39, 0.29) is 0 Å². The molecule has 4 fully saturated rings. The van der Waals surface area contributed by atoms with Gasteiger partial charge in [-0.2, -0.15) is 0 Å². The van der Waals surface area contributed by atoms with Gasteiger partial charge in [0, 0.05) is 11.8 Å². The first-order valence-corrected chi connectivity index (χ1v) is 3.77. The maximum Gasteiger partial charge on any atom is 0.139 e. The summed E-state index contributed by atoms with van der Waals surface area (Å²) in [6, 6.07) is 0. The van der Waals surface area contributed by atoms with Crippen LogP contribution in [0.1, 0.15) is 19.8 Å². The van der Waals surface area contributed by atoms with Crippen molar-refractivity contribution in [3.05, 3.63) is 0 Å². The van der Waals surface area contributed by atoms with Crippen LogP contribution in [0.3, 0.4) is 0 Å². The van der Waals surface area contributed by atoms with E-state index in [1.165, 1.54) is 12.8 Å². The van der Waals surface area contributed by atoms with Gasteiger partial charge in [0.2, 0.25) is 0 Å². The lowest BCUT2D eigenvalue weighted by molar-refractivity contribution is -0.120. The topological polar surface area (TPSA) is 17.1 Å². The van der Waals surface area contributed by atoms with Gasteiger partial charge in [0.05, 0.1) is 0 Å². The van der Waals surface area contributed by atoms with Crippen LogP contribution in [0.5, 0.6) is 0 Å². The molecule has 0 radical (unpaired) electrons. The SMILES string of the molecule is C[C@]12C[C@@H]3C[C@H]1[C@H]2C3=O. The van der Waals surface area contributed by atoms with Gasteiger partial charge < -0.3 is 0 Å². The van der Waals surface area contributed by atoms with Crippen molar-refractivity contribution in [2.24, 2.45) is 23.2 Å². The average Bonchev–Trinajstić information content (AvgIpc) is 2.21. The third kappa shape index (κ3) is 0.262. The maximum absolute atomic E-state index is 11.2. The van der Waals surface area contributed by atoms with E-state index in [9.17, 15) is 4.79 Å². The lowest BCUT2D eigenvalue weighted by Gasteiger charge is -1.95. The van der Waals surface area contributed by atoms with E-state index in [4.69, 9.17) is 0 Å². The molecule has 0 amide bonds. The number of Topliss-reactive ketones (excluding diaryl/α,β-unsaturated/α-hetero) is 1. The Morgan fingerprint density at radius 1 is 1.67 bits per heavy atom. The number of hydrogen-bond acceptors (Lipinski definition) is 1. The highest BCUT2D eigenvalue weighted by molar-refractivity contribution is 5.93. The van der Waals surface area contributed by atoms with Crippen molar-refractivity contribution in [3.63, 3.8) is 0 Å². The molecule has 4 rings (SSSR count). The monoisotopic (exact) mass is 122 g/mol. The molecule has 4 aliphatic carbocycles. The molecule has 0 saturated heterocycles. The first kappa shape index (κ1) is 4.48. The molecule has 0 aromatic carbocycles. The molecule has 0 N–H and O–H groups in total. The highest BCUT2D eigenvalue weighted by Crippen LogP contribution is 2.76. The van der Waals surface area contributed by atoms with Crippen LogP contribution in [0.15, 0.2) is 0 Å². The Morgan fingerprint density at radius 3 is 2.56 bits per heavy atom. The molecule has 9 heavy (non-hydrogen) atoms. The summed E-state index contributed by atoms with van der Waals surface area (Å²) in [6.45, 7) is 2.28. The third-order valence-corrected chi connectivity index (χ3v) is 3.78. The Hall–Kier alpha value is -0.330. The number of carbonyl (C=O) groups is 1. The van der Waals surface area contributed by atoms with Crippen molar-refractivity contribution < 1.29 is 4.79 Å². The van der Waals surface area contributed by atoms with Crippen LogP contribution in [0.25, 0.3) is 0 Å². The largest absolute Gasteiger partial charge is 0.299 e. The van der Waals surface area contributed by atoms with E-state index in [2.05, 4.69) is 6.92 Å². The summed E-state index contributed by atoms with van der Waals surface area (Å²) in [7, 11) is 0. The van der Waals surface area contributed by atoms with Gasteiger partial charge in [-0.3, -0.25) is 4.79 Å². The predicted molar refractivity (Wildman–Crippen MR) is 32.8 cm³/mol. The van der Waals surface area contributed by atoms with Crippen LogP contribution in [0, 0.1) is 23.2 Å². The van der Waals surface area contributed by atoms with Gasteiger partial charge in [0.1, 0.15) is 5.78 Å². The summed E-state index contributed by atoms with van der Waals surface area (Å²) in [4.78, 5) is 11.2. The van der Waals surface area contributed by atoms with Crippen molar-refractivity contribution in [2.45, 2.75) is 19.8 Å². The van der Waals surface area contributed by atoms with Gasteiger partial charge in [0.15, 0.2) is 0 Å². The zero-order valence-electron chi connectivity index (χ0n) is 5.55. The summed E-state index contributed by atoms with van der Waals surface area (Å²) in [5.74, 6) is 2.46. The average molecular weight is 122 g/mol. The standard InChI is InChI=1S/C8H10O/c1-8-3-4-2-5(8)6(8)7(4)9/h4-6H,2-3H2,1H3/t4-,5-,6-,8-/m0/s1. The first-order valence-electron chi connectivity index (χ1n) is 3.77. The van der Waals surface area contributed by atoms with E-state index < -0.39 is 0 Å². The molecule has 4 bridgehead atoms. The number of ketones is 1. The van der Waals surface area contributed by atoms with E-state index in [0.29, 0.717) is 23.0 Å². The van der Waals surface area contributed by atoms with Crippen LogP contribution < -0.4 is 0 Å². The number of carbonyl (C=O) groups excluding carboxylic acids is 1. The fourth-order valence-corrected chi connectivity index (χ4v) is 3.26. The first-order chi connectivity index (χ1) is 4.23. The molecule has 4 atom stereocenters. The van der Waals surface area contributed by atoms with E-state index in [0.717, 1.165) is 5.92 Å². The minimum absolute atomic E-state index is 0.505. The van der Waals surface area contributed by atoms with Gasteiger partial charge in [-0.25, -0.2) is 0 Å². The number of rotatable bonds is 0. The Morgan fingerprint density at radius 2 is 2.44 bits per heavy atom. The molecule has 0 unspecified atom stereocenters. The third-order valence-electron chi connectivity index (χ3n) is 3.78. The minimum atomic E-state index is 0.505. The van der Waals surface area contributed by atoms with E-state index >= 15 is 0 Å². The van der Waals surface area contributed by atoms with Gasteiger partial charge in [-0.15, -0.1) is 0 Å². The molecule has 1 heteroatoms. The zero-order valence-corrected chi connectivity index (χ0v) is 5.55. The molecule has 0 aliphatic heterocycles. The molecule has 4 saturated carbocycles. The zero-order chi connectivity index (χ0) is 6.22. The van der Waals surface area contributed by atoms with E-state index in [1.54, 1.807) is 0 Å². The van der Waals surface area contributed by atoms with Crippen molar-refractivity contribution in [1.82, 2.24) is 0 Å². The number of hydrogen-bond donors (Lipinski definition) is 0. The summed E-state index contributed by atoms with van der Waals surface area (Å²) < 4.78 is 0. The molecule has 48 valence electrons. The second-order valence-electron chi connectivity index (χ2n) is 4.13. The Bertz CT molecular complexity index is 209. The second kappa shape index (κ2) is 0.882. The highest BCUT2D eigenvalue weighted by atomic mass is 16.1. The van der Waals surface area contributed by atoms with Crippen molar-refractivity contribution in [1.29, 1.82) is 0 Å². The van der Waals surface area contributed by atoms with Crippen LogP contribution in [0.4, 0.5) is 0 Å². The van der Waals surface area contributed by atoms with Gasteiger partial charge in [-0.05, 0) is 24.2 Å². The smallest absolute Gasteiger partial charge is 0.139 e. The van der Waals surface area contributed by atoms with Crippen LogP contribution >= 0.6 is 0 Å². The fraction of sp³-hybridized carbons (Fsp3) is 0.875. The Labute approximate surface area is 54.4 Å². The van der Waals surface area contributed by atoms with Crippen molar-refractivity contribution in [2.75, 3.05) is 0 Å². The Kier molecular flexibility index (Phi) is 0.439. The molecule has 0 spiro atoms. The minimum Gasteiger partial charge on any atom is -0.299 e. The van der Waals surface area contributed by atoms with Crippen molar-refractivity contribution in [3.8, 4) is 0 Å². The lowest BCUT2D eigenvalue weighted by Crippen LogP contribution is -2.00. The fourth-order valence-electron chi connectivity index (χ4n) is 3.26. The van der Waals surface area contributed by atoms with Crippen LogP contribution in [-0.2, 0) is 4.79 Å². The molecule has 4 aliphatic rings. The Balaban J connectivity index is 2.20. The van der Waals surface area contributed by atoms with Crippen LogP contribution in [0.2, 0.25) is 0 Å². The lowest BCUT2D eigenvalue weighted by atomic mass is 10.1. The van der Waals surface area contributed by atoms with Crippen molar-refractivity contribution >= 4 is 5.78 Å². The quantitative estimate of drug-likeness (QED) is 0.472. The molecule has 0 aromatic heterocycles. The summed E-state index contributed by atoms with van der Waals surface area (Å²) in [6.07, 6.45) is 2.46. The summed E-state index contributed by atoms with van der Waals surface area (Å²) >= 11 is 0. The maximum atomic E-state index is 11.2. The van der Waals surface area contributed by atoms with Gasteiger partial charge >= 0.3 is 0 Å². The molecule has 0 heterocycles. The van der Waals surface area contributed by atoms with Gasteiger partial charge in [0.25, 0.3) is 0 Å². The molecule has 0 aromatic rings. The molecular formula is C8H10O. The van der Waals surface area contributed by atoms with Crippen LogP contribution in [-0.4, -0.2) is 5.78 Å². The highest BCUT2D eigenvalue weighted by Gasteiger charge is 2.76. The summed E-state index contributed by atoms with van der Waals surface area (Å²) in [5.41, 5.74) is 0.516. The normalized spacial score (nSPS) is 67.2. The van der Waals surface area contributed by atoms with E-state index in [1.807, 2.05) is 0 Å². The molecule has 1 nitrogen and oxygen atoms in total. The van der Waals surface area contributed by atoms with Gasteiger partial charge in [-0.1, -0.05) is 6.92 Å². The second-order valence-corrected chi connectivity index (χ2v) is 4.13. The predicted octanol–water partition coefficient (Wildman–Crippen LogP) is 1.23. The summed E-state index contributed by atoms with van der Waals surface area (Å²) in [5, 5.41) is 0. The molecular weight excluding hydrogens is 112 g/mol.